The van der Waals surface area contributed by atoms with Gasteiger partial charge in [0.05, 0.1) is 15.5 Å². The van der Waals surface area contributed by atoms with E-state index in [0.717, 1.165) is 72.4 Å². The number of hydrogen-bond donors (Lipinski definition) is 3. The summed E-state index contributed by atoms with van der Waals surface area (Å²) in [6.45, 7) is 9.68. The van der Waals surface area contributed by atoms with E-state index < -0.39 is 25.9 Å². The molecule has 4 aliphatic heterocycles. The molecule has 0 saturated carbocycles. The number of nitrogens with zero attached hydrogens (tertiary/aromatic N) is 4. The third kappa shape index (κ3) is 15.5. The molecule has 4 atom stereocenters. The van der Waals surface area contributed by atoms with Gasteiger partial charge in [0, 0.05) is 119 Å². The number of unbranched alkanes of at least 4 members (excludes halogenated alkanes) is 3. The molecule has 0 spiro atoms. The Morgan fingerprint density at radius 1 is 0.590 bits per heavy atom. The van der Waals surface area contributed by atoms with Crippen LogP contribution in [0.4, 0.5) is 4.79 Å². The van der Waals surface area contributed by atoms with Crippen LogP contribution in [0.25, 0.3) is 0 Å². The van der Waals surface area contributed by atoms with Gasteiger partial charge in [0.2, 0.25) is 21.8 Å². The van der Waals surface area contributed by atoms with Gasteiger partial charge in [0.25, 0.3) is 0 Å². The molecule has 4 aromatic rings. The van der Waals surface area contributed by atoms with Crippen molar-refractivity contribution in [2.75, 3.05) is 72.2 Å². The number of benzene rings is 4. The second-order valence-electron chi connectivity index (χ2n) is 22.3. The van der Waals surface area contributed by atoms with Crippen molar-refractivity contribution in [2.24, 2.45) is 5.92 Å². The zero-order valence-electron chi connectivity index (χ0n) is 45.6. The number of halogens is 2. The highest BCUT2D eigenvalue weighted by Gasteiger charge is 2.34. The number of ketones is 1. The second-order valence-corrected chi connectivity index (χ2v) is 26.9. The van der Waals surface area contributed by atoms with Gasteiger partial charge in [-0.3, -0.25) is 14.4 Å². The Kier molecular flexibility index (Phi) is 20.2. The van der Waals surface area contributed by atoms with Gasteiger partial charge >= 0.3 is 6.03 Å². The number of rotatable bonds is 23. The first-order valence-electron chi connectivity index (χ1n) is 27.7. The van der Waals surface area contributed by atoms with E-state index in [1.165, 1.54) is 11.1 Å². The van der Waals surface area contributed by atoms with Crippen molar-refractivity contribution >= 4 is 66.7 Å². The van der Waals surface area contributed by atoms with Crippen LogP contribution in [0, 0.1) is 19.8 Å². The minimum absolute atomic E-state index is 0.00484. The number of hydrogen-bond acceptors (Lipinski definition) is 10. The Morgan fingerprint density at radius 2 is 1.10 bits per heavy atom. The zero-order chi connectivity index (χ0) is 55.7. The Bertz CT molecular complexity index is 2870. The lowest BCUT2D eigenvalue weighted by atomic mass is 9.83. The zero-order valence-corrected chi connectivity index (χ0v) is 48.8. The van der Waals surface area contributed by atoms with Gasteiger partial charge in [-0.15, -0.1) is 0 Å². The Labute approximate surface area is 472 Å². The van der Waals surface area contributed by atoms with Gasteiger partial charge in [-0.1, -0.05) is 53.9 Å². The van der Waals surface area contributed by atoms with Crippen molar-refractivity contribution in [3.63, 3.8) is 0 Å². The fourth-order valence-electron chi connectivity index (χ4n) is 11.9. The summed E-state index contributed by atoms with van der Waals surface area (Å²) < 4.78 is 57.6. The average Bonchev–Trinajstić information content (AvgIpc) is 4.07. The normalized spacial score (nSPS) is 19.9. The highest BCUT2D eigenvalue weighted by atomic mass is 35.5. The van der Waals surface area contributed by atoms with Crippen LogP contribution in [0.3, 0.4) is 0 Å². The van der Waals surface area contributed by atoms with Crippen LogP contribution < -0.4 is 15.4 Å². The Morgan fingerprint density at radius 3 is 1.72 bits per heavy atom. The van der Waals surface area contributed by atoms with E-state index in [1.807, 2.05) is 42.5 Å². The molecule has 422 valence electrons. The van der Waals surface area contributed by atoms with Crippen LogP contribution in [0.2, 0.25) is 10.0 Å². The van der Waals surface area contributed by atoms with Gasteiger partial charge in [-0.05, 0) is 172 Å². The molecule has 4 aliphatic rings. The highest BCUT2D eigenvalue weighted by Crippen LogP contribution is 2.39. The maximum absolute atomic E-state index is 13.7. The molecule has 15 nitrogen and oxygen atoms in total. The molecule has 3 N–H and O–H groups in total. The molecule has 2 fully saturated rings. The molecule has 19 heteroatoms. The predicted molar refractivity (Wildman–Crippen MR) is 306 cm³/mol. The molecule has 4 aromatic carbocycles. The smallest absolute Gasteiger partial charge is 0.314 e. The molecule has 8 rings (SSSR count). The number of sulfone groups is 1. The summed E-state index contributed by atoms with van der Waals surface area (Å²) in [6, 6.07) is 21.6. The summed E-state index contributed by atoms with van der Waals surface area (Å²) in [5.41, 5.74) is 8.81. The number of Topliss-reactive ketones (excluding diaryl/α,β-unsaturated/α-hetero) is 1. The van der Waals surface area contributed by atoms with Gasteiger partial charge in [-0.2, -0.15) is 0 Å². The number of likely N-dealkylation sites (N-methyl/N-ethyl adjacent to an activating group) is 2. The summed E-state index contributed by atoms with van der Waals surface area (Å²) in [6.07, 6.45) is 6.38. The minimum Gasteiger partial charge on any atom is -0.342 e. The number of aryl methyl sites for hydroxylation is 2. The van der Waals surface area contributed by atoms with Crippen LogP contribution in [-0.4, -0.2) is 138 Å². The number of sulfonamides is 1. The quantitative estimate of drug-likeness (QED) is 0.0607. The van der Waals surface area contributed by atoms with Gasteiger partial charge in [0.15, 0.2) is 9.84 Å². The van der Waals surface area contributed by atoms with Crippen molar-refractivity contribution in [1.82, 2.24) is 35.0 Å². The molecular formula is C59H77Cl2N7O8S2. The summed E-state index contributed by atoms with van der Waals surface area (Å²) in [5.74, 6) is -0.164. The van der Waals surface area contributed by atoms with Crippen molar-refractivity contribution in [3.8, 4) is 0 Å². The van der Waals surface area contributed by atoms with E-state index in [1.54, 1.807) is 40.1 Å². The van der Waals surface area contributed by atoms with E-state index in [-0.39, 0.29) is 58.5 Å². The van der Waals surface area contributed by atoms with Gasteiger partial charge < -0.3 is 30.2 Å². The van der Waals surface area contributed by atoms with Crippen LogP contribution in [-0.2, 0) is 47.3 Å². The van der Waals surface area contributed by atoms with Crippen molar-refractivity contribution in [1.29, 1.82) is 0 Å². The highest BCUT2D eigenvalue weighted by molar-refractivity contribution is 7.91. The first kappa shape index (κ1) is 59.2. The van der Waals surface area contributed by atoms with Crippen LogP contribution in [0.5, 0.6) is 0 Å². The summed E-state index contributed by atoms with van der Waals surface area (Å²) in [7, 11) is -3.32. The van der Waals surface area contributed by atoms with Crippen LogP contribution >= 0.6 is 23.2 Å². The standard InChI is InChI=1S/C59H77Cl2N7O8S2/c1-40-27-45(60)31-51-53(40)35-65(3)37-55(51)43-13-10-17-49(29-43)77(73,74)39-42-21-25-67(33-42)58(71)20-12-24-63-59(72)62-23-9-5-6-15-48(69)16-7-8-19-57(70)68-26-22-47(34-68)64-78(75,76)50-18-11-14-44(30-50)56-38-66(4)36-54-41(2)28-46(61)32-52(54)56/h10-11,13-14,17-18,27-32,42,47,55-56,64H,5-9,12,15-16,19-26,33-39H2,1-4H3,(H2,62,63,72)/t42-,47-,55?,56?/m0/s1. The van der Waals surface area contributed by atoms with E-state index in [2.05, 4.69) is 53.1 Å². The van der Waals surface area contributed by atoms with E-state index >= 15 is 0 Å². The SMILES string of the molecule is Cc1cc(Cl)cc2c1CN(C)CC2c1cccc(S(=O)(=O)C[C@H]2CCN(C(=O)CCCNC(=O)NCCCCCC(=O)CCCCC(=O)N3CC[C@H](NS(=O)(=O)c4cccc(C5CN(C)Cc6c(C)cc(Cl)cc65)c4)C3)C2)c1. The lowest BCUT2D eigenvalue weighted by molar-refractivity contribution is -0.131. The first-order valence-corrected chi connectivity index (χ1v) is 31.6. The second kappa shape index (κ2) is 26.6. The molecule has 4 heterocycles. The van der Waals surface area contributed by atoms with E-state index in [0.29, 0.717) is 112 Å². The number of likely N-dealkylation sites (tertiary alicyclic amines) is 2. The predicted octanol–water partition coefficient (Wildman–Crippen LogP) is 8.74. The number of carbonyl (C=O) groups is 4. The lowest BCUT2D eigenvalue weighted by Crippen LogP contribution is -2.38. The maximum Gasteiger partial charge on any atom is 0.314 e. The van der Waals surface area contributed by atoms with E-state index in [9.17, 15) is 36.0 Å². The molecule has 0 aliphatic carbocycles. The van der Waals surface area contributed by atoms with Crippen molar-refractivity contribution < 1.29 is 36.0 Å². The molecular weight excluding hydrogens is 1070 g/mol. The Balaban J connectivity index is 0.645. The summed E-state index contributed by atoms with van der Waals surface area (Å²) >= 11 is 12.9. The third-order valence-electron chi connectivity index (χ3n) is 16.1. The summed E-state index contributed by atoms with van der Waals surface area (Å²) in [5, 5.41) is 6.98. The van der Waals surface area contributed by atoms with Crippen molar-refractivity contribution in [3.05, 3.63) is 127 Å². The fourth-order valence-corrected chi connectivity index (χ4v) is 15.4. The lowest BCUT2D eigenvalue weighted by Gasteiger charge is -2.34. The van der Waals surface area contributed by atoms with E-state index in [4.69, 9.17) is 23.2 Å². The van der Waals surface area contributed by atoms with Gasteiger partial charge in [0.1, 0.15) is 5.78 Å². The van der Waals surface area contributed by atoms with Gasteiger partial charge in [-0.25, -0.2) is 26.4 Å². The van der Waals surface area contributed by atoms with Crippen LogP contribution in [0.1, 0.15) is 133 Å². The Hall–Kier alpha value is -4.88. The average molecular weight is 1150 g/mol. The topological polar surface area (TPSA) is 186 Å². The molecule has 4 amide bonds. The number of carbonyl (C=O) groups excluding carboxylic acids is 4. The molecule has 2 unspecified atom stereocenters. The first-order chi connectivity index (χ1) is 37.2. The molecule has 0 aromatic heterocycles. The molecule has 0 radical (unpaired) electrons. The monoisotopic (exact) mass is 1150 g/mol. The summed E-state index contributed by atoms with van der Waals surface area (Å²) in [4.78, 5) is 59.6. The molecule has 2 saturated heterocycles. The maximum atomic E-state index is 13.7. The fraction of sp³-hybridized carbons (Fsp3) is 0.525. The number of urea groups is 1. The van der Waals surface area contributed by atoms with Crippen molar-refractivity contribution in [2.45, 2.75) is 132 Å². The molecule has 0 bridgehead atoms. The number of amides is 4. The molecule has 78 heavy (non-hydrogen) atoms. The number of nitrogens with one attached hydrogen (secondary N) is 3. The minimum atomic E-state index is -3.85. The third-order valence-corrected chi connectivity index (χ3v) is 19.9. The number of fused-ring (bicyclic) bond motifs is 2. The van der Waals surface area contributed by atoms with Crippen LogP contribution in [0.15, 0.2) is 82.6 Å². The largest absolute Gasteiger partial charge is 0.342 e.